The topological polar surface area (TPSA) is 72.2 Å². The number of aryl methyl sites for hydroxylation is 2. The lowest BCUT2D eigenvalue weighted by Crippen LogP contribution is -2.22. The zero-order valence-corrected chi connectivity index (χ0v) is 16.4. The van der Waals surface area contributed by atoms with E-state index in [-0.39, 0.29) is 11.6 Å². The number of fused-ring (bicyclic) bond motifs is 1. The first-order valence-corrected chi connectivity index (χ1v) is 9.29. The minimum Gasteiger partial charge on any atom is -0.325 e. The second kappa shape index (κ2) is 7.42. The Hall–Kier alpha value is -2.62. The second-order valence-electron chi connectivity index (χ2n) is 6.34. The van der Waals surface area contributed by atoms with Gasteiger partial charge < -0.3 is 5.32 Å². The summed E-state index contributed by atoms with van der Waals surface area (Å²) in [6, 6.07) is 4.30. The molecule has 0 saturated carbocycles. The minimum absolute atomic E-state index is 0.289. The fourth-order valence-corrected chi connectivity index (χ4v) is 3.23. The number of halogens is 3. The zero-order valence-electron chi connectivity index (χ0n) is 15.6. The summed E-state index contributed by atoms with van der Waals surface area (Å²) in [6.07, 6.45) is -4.41. The molecule has 148 valence electrons. The van der Waals surface area contributed by atoms with Crippen LogP contribution in [0.25, 0.3) is 5.78 Å². The number of hydrogen-bond donors (Lipinski definition) is 1. The number of alkyl halides is 3. The molecule has 2 heterocycles. The van der Waals surface area contributed by atoms with Crippen molar-refractivity contribution in [2.75, 3.05) is 5.32 Å². The molecular formula is C18H18F3N5OS. The monoisotopic (exact) mass is 409 g/mol. The summed E-state index contributed by atoms with van der Waals surface area (Å²) < 4.78 is 39.5. The van der Waals surface area contributed by atoms with Crippen molar-refractivity contribution in [3.05, 3.63) is 46.8 Å². The Balaban J connectivity index is 1.70. The van der Waals surface area contributed by atoms with Gasteiger partial charge in [0.1, 0.15) is 0 Å². The first-order valence-electron chi connectivity index (χ1n) is 8.41. The van der Waals surface area contributed by atoms with Crippen molar-refractivity contribution in [3.63, 3.8) is 0 Å². The highest BCUT2D eigenvalue weighted by Gasteiger charge is 2.30. The van der Waals surface area contributed by atoms with Crippen LogP contribution in [0.15, 0.2) is 29.4 Å². The SMILES string of the molecule is Cc1nc2nc(SC(C)C(=O)Nc3ccc(C(F)(F)F)cc3)nn2c(C)c1C. The molecule has 0 radical (unpaired) electrons. The number of nitrogens with one attached hydrogen (secondary N) is 1. The predicted molar refractivity (Wildman–Crippen MR) is 100 cm³/mol. The number of benzene rings is 1. The molecule has 0 fully saturated rings. The standard InChI is InChI=1S/C18H18F3N5OS/c1-9-10(2)22-16-24-17(25-26(16)11(9)3)28-12(4)15(27)23-14-7-5-13(6-8-14)18(19,20)21/h5-8,12H,1-4H3,(H,23,27). The highest BCUT2D eigenvalue weighted by atomic mass is 32.2. The molecule has 10 heteroatoms. The van der Waals surface area contributed by atoms with Crippen LogP contribution in [-0.4, -0.2) is 30.7 Å². The minimum atomic E-state index is -4.41. The van der Waals surface area contributed by atoms with E-state index in [4.69, 9.17) is 0 Å². The van der Waals surface area contributed by atoms with Gasteiger partial charge in [-0.1, -0.05) is 11.8 Å². The number of rotatable bonds is 4. The molecule has 1 unspecified atom stereocenters. The fourth-order valence-electron chi connectivity index (χ4n) is 2.49. The van der Waals surface area contributed by atoms with Gasteiger partial charge in [-0.3, -0.25) is 4.79 Å². The van der Waals surface area contributed by atoms with Crippen molar-refractivity contribution < 1.29 is 18.0 Å². The molecule has 0 aliphatic rings. The van der Waals surface area contributed by atoms with Gasteiger partial charge in [0.2, 0.25) is 11.1 Å². The number of aromatic nitrogens is 4. The number of carbonyl (C=O) groups excluding carboxylic acids is 1. The first kappa shape index (κ1) is 20.1. The Bertz CT molecular complexity index is 1030. The van der Waals surface area contributed by atoms with Crippen molar-refractivity contribution in [1.29, 1.82) is 0 Å². The largest absolute Gasteiger partial charge is 0.416 e. The average Bonchev–Trinajstić information content (AvgIpc) is 3.01. The number of amides is 1. The molecule has 3 aromatic rings. The van der Waals surface area contributed by atoms with Gasteiger partial charge in [0.25, 0.3) is 5.78 Å². The highest BCUT2D eigenvalue weighted by Crippen LogP contribution is 2.30. The molecule has 0 saturated heterocycles. The number of hydrogen-bond acceptors (Lipinski definition) is 5. The maximum absolute atomic E-state index is 12.6. The summed E-state index contributed by atoms with van der Waals surface area (Å²) >= 11 is 1.15. The van der Waals surface area contributed by atoms with Crippen LogP contribution in [0, 0.1) is 20.8 Å². The van der Waals surface area contributed by atoms with Crippen LogP contribution in [0.3, 0.4) is 0 Å². The van der Waals surface area contributed by atoms with Crippen LogP contribution in [0.2, 0.25) is 0 Å². The summed E-state index contributed by atoms with van der Waals surface area (Å²) in [6.45, 7) is 7.43. The summed E-state index contributed by atoms with van der Waals surface area (Å²) in [5.41, 5.74) is 2.32. The van der Waals surface area contributed by atoms with E-state index in [1.54, 1.807) is 11.4 Å². The molecule has 28 heavy (non-hydrogen) atoms. The maximum Gasteiger partial charge on any atom is 0.416 e. The van der Waals surface area contributed by atoms with Gasteiger partial charge in [0, 0.05) is 17.1 Å². The molecule has 2 aromatic heterocycles. The lowest BCUT2D eigenvalue weighted by molar-refractivity contribution is -0.137. The van der Waals surface area contributed by atoms with E-state index in [2.05, 4.69) is 20.4 Å². The van der Waals surface area contributed by atoms with Gasteiger partial charge >= 0.3 is 6.18 Å². The van der Waals surface area contributed by atoms with Crippen LogP contribution in [0.5, 0.6) is 0 Å². The van der Waals surface area contributed by atoms with E-state index in [0.717, 1.165) is 40.8 Å². The summed E-state index contributed by atoms with van der Waals surface area (Å²) in [5, 5.41) is 6.83. The third-order valence-corrected chi connectivity index (χ3v) is 5.32. The van der Waals surface area contributed by atoms with Crippen LogP contribution >= 0.6 is 11.8 Å². The Labute approximate surface area is 163 Å². The molecule has 0 aliphatic carbocycles. The fraction of sp³-hybridized carbons (Fsp3) is 0.333. The molecule has 1 amide bonds. The number of nitrogens with zero attached hydrogens (tertiary/aromatic N) is 4. The Kier molecular flexibility index (Phi) is 5.33. The first-order chi connectivity index (χ1) is 13.1. The van der Waals surface area contributed by atoms with E-state index in [9.17, 15) is 18.0 Å². The Morgan fingerprint density at radius 3 is 2.39 bits per heavy atom. The Morgan fingerprint density at radius 1 is 1.14 bits per heavy atom. The Morgan fingerprint density at radius 2 is 1.79 bits per heavy atom. The van der Waals surface area contributed by atoms with E-state index >= 15 is 0 Å². The van der Waals surface area contributed by atoms with Crippen molar-refractivity contribution in [2.24, 2.45) is 0 Å². The third kappa shape index (κ3) is 4.11. The van der Waals surface area contributed by atoms with E-state index in [1.165, 1.54) is 12.1 Å². The van der Waals surface area contributed by atoms with Crippen molar-refractivity contribution in [1.82, 2.24) is 19.6 Å². The molecule has 1 atom stereocenters. The molecule has 0 spiro atoms. The van der Waals surface area contributed by atoms with Crippen molar-refractivity contribution >= 4 is 29.1 Å². The zero-order chi connectivity index (χ0) is 20.6. The predicted octanol–water partition coefficient (Wildman–Crippen LogP) is 4.19. The van der Waals surface area contributed by atoms with Gasteiger partial charge in [-0.05, 0) is 57.5 Å². The molecule has 3 rings (SSSR count). The molecule has 1 N–H and O–H groups in total. The molecule has 1 aromatic carbocycles. The number of carbonyl (C=O) groups is 1. The summed E-state index contributed by atoms with van der Waals surface area (Å²) in [5.74, 6) is 0.0964. The summed E-state index contributed by atoms with van der Waals surface area (Å²) in [4.78, 5) is 21.1. The van der Waals surface area contributed by atoms with Crippen LogP contribution < -0.4 is 5.32 Å². The highest BCUT2D eigenvalue weighted by molar-refractivity contribution is 8.00. The van der Waals surface area contributed by atoms with Gasteiger partial charge in [0.15, 0.2) is 0 Å². The maximum atomic E-state index is 12.6. The van der Waals surface area contributed by atoms with E-state index < -0.39 is 17.0 Å². The number of thioether (sulfide) groups is 1. The average molecular weight is 409 g/mol. The smallest absolute Gasteiger partial charge is 0.325 e. The summed E-state index contributed by atoms with van der Waals surface area (Å²) in [7, 11) is 0. The van der Waals surface area contributed by atoms with Gasteiger partial charge in [-0.15, -0.1) is 5.10 Å². The quantitative estimate of drug-likeness (QED) is 0.655. The third-order valence-electron chi connectivity index (χ3n) is 4.37. The molecule has 0 aliphatic heterocycles. The molecular weight excluding hydrogens is 391 g/mol. The molecule has 6 nitrogen and oxygen atoms in total. The lowest BCUT2D eigenvalue weighted by Gasteiger charge is -2.11. The van der Waals surface area contributed by atoms with Crippen molar-refractivity contribution in [2.45, 2.75) is 44.3 Å². The van der Waals surface area contributed by atoms with Crippen LogP contribution in [-0.2, 0) is 11.0 Å². The van der Waals surface area contributed by atoms with E-state index in [1.807, 2.05) is 20.8 Å². The van der Waals surface area contributed by atoms with Gasteiger partial charge in [-0.25, -0.2) is 9.50 Å². The van der Waals surface area contributed by atoms with Crippen LogP contribution in [0.4, 0.5) is 18.9 Å². The second-order valence-corrected chi connectivity index (χ2v) is 7.65. The number of anilines is 1. The van der Waals surface area contributed by atoms with Crippen molar-refractivity contribution in [3.8, 4) is 0 Å². The normalized spacial score (nSPS) is 13.0. The van der Waals surface area contributed by atoms with Gasteiger partial charge in [0.05, 0.1) is 10.8 Å². The molecule has 0 bridgehead atoms. The lowest BCUT2D eigenvalue weighted by atomic mass is 10.2. The van der Waals surface area contributed by atoms with Crippen LogP contribution in [0.1, 0.15) is 29.4 Å². The van der Waals surface area contributed by atoms with E-state index in [0.29, 0.717) is 10.9 Å². The van der Waals surface area contributed by atoms with Gasteiger partial charge in [-0.2, -0.15) is 18.2 Å².